The van der Waals surface area contributed by atoms with Crippen molar-refractivity contribution in [1.29, 1.82) is 0 Å². The third-order valence-corrected chi connectivity index (χ3v) is 4.80. The molecule has 0 atom stereocenters. The van der Waals surface area contributed by atoms with Gasteiger partial charge >= 0.3 is 0 Å². The van der Waals surface area contributed by atoms with Gasteiger partial charge in [-0.3, -0.25) is 9.59 Å². The Balaban J connectivity index is 1.73. The molecule has 1 amide bonds. The monoisotopic (exact) mass is 439 g/mol. The number of nitrogens with zero attached hydrogens (tertiary/aromatic N) is 2. The third kappa shape index (κ3) is 5.52. The minimum atomic E-state index is -0.603. The minimum absolute atomic E-state index is 0.0172. The first-order chi connectivity index (χ1) is 15.0. The molecule has 0 saturated carbocycles. The van der Waals surface area contributed by atoms with Gasteiger partial charge in [0.1, 0.15) is 5.56 Å². The number of rotatable bonds is 8. The molecule has 0 radical (unpaired) electrons. The van der Waals surface area contributed by atoms with Crippen molar-refractivity contribution >= 4 is 23.7 Å². The van der Waals surface area contributed by atoms with Crippen LogP contribution in [0.2, 0.25) is 5.02 Å². The van der Waals surface area contributed by atoms with Crippen LogP contribution in [0.15, 0.2) is 70.7 Å². The van der Waals surface area contributed by atoms with Crippen LogP contribution < -0.4 is 20.5 Å². The first-order valence-corrected chi connectivity index (χ1v) is 9.98. The van der Waals surface area contributed by atoms with Crippen molar-refractivity contribution in [2.75, 3.05) is 13.7 Å². The lowest BCUT2D eigenvalue weighted by atomic mass is 10.2. The van der Waals surface area contributed by atoms with E-state index in [4.69, 9.17) is 21.1 Å². The molecular formula is C23H22ClN3O4. The Hall–Kier alpha value is -3.58. The Morgan fingerprint density at radius 2 is 1.97 bits per heavy atom. The summed E-state index contributed by atoms with van der Waals surface area (Å²) >= 11 is 6.17. The highest BCUT2D eigenvalue weighted by atomic mass is 35.5. The highest BCUT2D eigenvalue weighted by Crippen LogP contribution is 2.27. The second-order valence-corrected chi connectivity index (χ2v) is 6.90. The van der Waals surface area contributed by atoms with E-state index in [0.29, 0.717) is 28.7 Å². The number of carbonyl (C=O) groups excluding carboxylic acids is 1. The maximum atomic E-state index is 12.7. The first kappa shape index (κ1) is 22.1. The number of nitrogens with one attached hydrogen (secondary N) is 1. The quantitative estimate of drug-likeness (QED) is 0.428. The van der Waals surface area contributed by atoms with Gasteiger partial charge in [0.05, 0.1) is 26.5 Å². The molecule has 8 heteroatoms. The lowest BCUT2D eigenvalue weighted by molar-refractivity contribution is 0.0953. The molecule has 3 rings (SSSR count). The number of hydrazone groups is 1. The second-order valence-electron chi connectivity index (χ2n) is 6.49. The number of halogens is 1. The van der Waals surface area contributed by atoms with Crippen molar-refractivity contribution in [2.24, 2.45) is 5.10 Å². The van der Waals surface area contributed by atoms with E-state index in [9.17, 15) is 9.59 Å². The van der Waals surface area contributed by atoms with Crippen molar-refractivity contribution in [3.8, 4) is 11.5 Å². The molecule has 2 aromatic carbocycles. The summed E-state index contributed by atoms with van der Waals surface area (Å²) in [6.07, 6.45) is 3.07. The zero-order valence-electron chi connectivity index (χ0n) is 17.2. The van der Waals surface area contributed by atoms with Crippen molar-refractivity contribution in [3.63, 3.8) is 0 Å². The summed E-state index contributed by atoms with van der Waals surface area (Å²) in [5, 5.41) is 4.51. The van der Waals surface area contributed by atoms with Gasteiger partial charge in [0, 0.05) is 11.2 Å². The van der Waals surface area contributed by atoms with Gasteiger partial charge in [-0.15, -0.1) is 0 Å². The summed E-state index contributed by atoms with van der Waals surface area (Å²) in [5.74, 6) is 0.575. The molecule has 0 aliphatic rings. The van der Waals surface area contributed by atoms with Crippen LogP contribution in [-0.4, -0.2) is 30.4 Å². The number of hydrogen-bond acceptors (Lipinski definition) is 5. The van der Waals surface area contributed by atoms with Crippen molar-refractivity contribution in [2.45, 2.75) is 13.5 Å². The van der Waals surface area contributed by atoms with E-state index in [1.54, 1.807) is 43.6 Å². The van der Waals surface area contributed by atoms with E-state index >= 15 is 0 Å². The van der Waals surface area contributed by atoms with E-state index < -0.39 is 11.5 Å². The Labute approximate surface area is 184 Å². The summed E-state index contributed by atoms with van der Waals surface area (Å²) in [6, 6.07) is 15.6. The average Bonchev–Trinajstić information content (AvgIpc) is 2.77. The summed E-state index contributed by atoms with van der Waals surface area (Å²) in [5.41, 5.74) is 3.43. The van der Waals surface area contributed by atoms with Crippen molar-refractivity contribution in [3.05, 3.63) is 92.9 Å². The number of hydrogen-bond donors (Lipinski definition) is 1. The van der Waals surface area contributed by atoms with Gasteiger partial charge in [-0.1, -0.05) is 29.8 Å². The fourth-order valence-electron chi connectivity index (χ4n) is 2.91. The summed E-state index contributed by atoms with van der Waals surface area (Å²) in [4.78, 5) is 25.2. The molecule has 0 saturated heterocycles. The standard InChI is InChI=1S/C23H22ClN3O4/c1-3-31-21-13-16(10-11-20(21)30-2)14-25-26-22(28)18-8-6-12-27(23(18)29)15-17-7-4-5-9-19(17)24/h4-14H,3,15H2,1-2H3,(H,26,28)/b25-14-. The Morgan fingerprint density at radius 3 is 2.71 bits per heavy atom. The highest BCUT2D eigenvalue weighted by molar-refractivity contribution is 6.31. The second kappa shape index (κ2) is 10.4. The molecule has 0 aliphatic carbocycles. The Bertz CT molecular complexity index is 1160. The van der Waals surface area contributed by atoms with Gasteiger partial charge < -0.3 is 14.0 Å². The number of benzene rings is 2. The predicted octanol–water partition coefficient (Wildman–Crippen LogP) is 3.72. The normalized spacial score (nSPS) is 10.8. The van der Waals surface area contributed by atoms with E-state index in [1.165, 1.54) is 16.8 Å². The molecule has 1 N–H and O–H groups in total. The highest BCUT2D eigenvalue weighted by Gasteiger charge is 2.12. The van der Waals surface area contributed by atoms with Gasteiger partial charge in [0.25, 0.3) is 11.5 Å². The molecule has 160 valence electrons. The molecule has 0 bridgehead atoms. The van der Waals surface area contributed by atoms with Crippen molar-refractivity contribution < 1.29 is 14.3 Å². The summed E-state index contributed by atoms with van der Waals surface area (Å²) in [6.45, 7) is 2.62. The molecule has 31 heavy (non-hydrogen) atoms. The SMILES string of the molecule is CCOc1cc(/C=N\NC(=O)c2cccn(Cc3ccccc3Cl)c2=O)ccc1OC. The maximum Gasteiger partial charge on any atom is 0.276 e. The zero-order chi connectivity index (χ0) is 22.2. The third-order valence-electron chi connectivity index (χ3n) is 4.43. The summed E-state index contributed by atoms with van der Waals surface area (Å²) < 4.78 is 12.2. The maximum absolute atomic E-state index is 12.7. The van der Waals surface area contributed by atoms with Crippen molar-refractivity contribution in [1.82, 2.24) is 9.99 Å². The number of carbonyl (C=O) groups is 1. The van der Waals surface area contributed by atoms with Crippen LogP contribution in [0.4, 0.5) is 0 Å². The van der Waals surface area contributed by atoms with Crippen LogP contribution in [0, 0.1) is 0 Å². The number of ether oxygens (including phenoxy) is 2. The average molecular weight is 440 g/mol. The van der Waals surface area contributed by atoms with Crippen LogP contribution in [0.25, 0.3) is 0 Å². The zero-order valence-corrected chi connectivity index (χ0v) is 17.9. The lowest BCUT2D eigenvalue weighted by Crippen LogP contribution is -2.31. The summed E-state index contributed by atoms with van der Waals surface area (Å²) in [7, 11) is 1.56. The van der Waals surface area contributed by atoms with Gasteiger partial charge in [-0.25, -0.2) is 5.43 Å². The van der Waals surface area contributed by atoms with Gasteiger partial charge in [-0.2, -0.15) is 5.10 Å². The smallest absolute Gasteiger partial charge is 0.276 e. The van der Waals surface area contributed by atoms with Crippen LogP contribution >= 0.6 is 11.6 Å². The fourth-order valence-corrected chi connectivity index (χ4v) is 3.11. The minimum Gasteiger partial charge on any atom is -0.493 e. The molecule has 0 spiro atoms. The molecule has 1 aromatic heterocycles. The van der Waals surface area contributed by atoms with E-state index in [-0.39, 0.29) is 12.1 Å². The number of methoxy groups -OCH3 is 1. The molecular weight excluding hydrogens is 418 g/mol. The van der Waals surface area contributed by atoms with Crippen LogP contribution in [0.3, 0.4) is 0 Å². The molecule has 7 nitrogen and oxygen atoms in total. The number of amides is 1. The lowest BCUT2D eigenvalue weighted by Gasteiger charge is -2.09. The molecule has 0 unspecified atom stereocenters. The predicted molar refractivity (Wildman–Crippen MR) is 120 cm³/mol. The van der Waals surface area contributed by atoms with Gasteiger partial charge in [0.15, 0.2) is 11.5 Å². The van der Waals surface area contributed by atoms with E-state index in [1.807, 2.05) is 25.1 Å². The molecule has 0 aliphatic heterocycles. The topological polar surface area (TPSA) is 81.9 Å². The van der Waals surface area contributed by atoms with Crippen LogP contribution in [0.1, 0.15) is 28.4 Å². The van der Waals surface area contributed by atoms with Gasteiger partial charge in [-0.05, 0) is 54.4 Å². The van der Waals surface area contributed by atoms with Gasteiger partial charge in [0.2, 0.25) is 0 Å². The van der Waals surface area contributed by atoms with E-state index in [2.05, 4.69) is 10.5 Å². The van der Waals surface area contributed by atoms with E-state index in [0.717, 1.165) is 5.56 Å². The molecule has 1 heterocycles. The first-order valence-electron chi connectivity index (χ1n) is 9.60. The Kier molecular flexibility index (Phi) is 7.45. The molecule has 3 aromatic rings. The number of aromatic nitrogens is 1. The molecule has 0 fully saturated rings. The Morgan fingerprint density at radius 1 is 1.16 bits per heavy atom. The van der Waals surface area contributed by atoms with Crippen LogP contribution in [-0.2, 0) is 6.54 Å². The largest absolute Gasteiger partial charge is 0.493 e. The fraction of sp³-hybridized carbons (Fsp3) is 0.174. The van der Waals surface area contributed by atoms with Crippen LogP contribution in [0.5, 0.6) is 11.5 Å². The number of pyridine rings is 1.